The van der Waals surface area contributed by atoms with E-state index in [1.807, 2.05) is 0 Å². The van der Waals surface area contributed by atoms with Gasteiger partial charge in [0.2, 0.25) is 0 Å². The Morgan fingerprint density at radius 3 is 2.73 bits per heavy atom. The maximum Gasteiger partial charge on any atom is 0.344 e. The van der Waals surface area contributed by atoms with Gasteiger partial charge in [0, 0.05) is 30.5 Å². The van der Waals surface area contributed by atoms with Crippen molar-refractivity contribution in [2.24, 2.45) is 5.73 Å². The van der Waals surface area contributed by atoms with Gasteiger partial charge < -0.3 is 35.3 Å². The summed E-state index contributed by atoms with van der Waals surface area (Å²) >= 11 is 0. The molecule has 33 heavy (non-hydrogen) atoms. The van der Waals surface area contributed by atoms with Gasteiger partial charge in [-0.25, -0.2) is 4.79 Å². The third-order valence-corrected chi connectivity index (χ3v) is 4.93. The molecule has 0 radical (unpaired) electrons. The van der Waals surface area contributed by atoms with E-state index in [1.165, 1.54) is 4.90 Å². The average molecular weight is 457 g/mol. The Hall–Kier alpha value is -3.47. The summed E-state index contributed by atoms with van der Waals surface area (Å²) in [5, 5.41) is 13.1. The Labute approximate surface area is 191 Å². The second-order valence-corrected chi connectivity index (χ2v) is 7.21. The lowest BCUT2D eigenvalue weighted by Gasteiger charge is -2.34. The molecule has 1 aliphatic heterocycles. The lowest BCUT2D eigenvalue weighted by Crippen LogP contribution is -2.55. The lowest BCUT2D eigenvalue weighted by atomic mass is 10.1. The summed E-state index contributed by atoms with van der Waals surface area (Å²) in [4.78, 5) is 38.4. The van der Waals surface area contributed by atoms with Crippen LogP contribution in [0.4, 0.5) is 11.4 Å². The third kappa shape index (κ3) is 6.28. The minimum atomic E-state index is -1.71. The molecule has 10 heteroatoms. The first-order chi connectivity index (χ1) is 15.9. The Balaban J connectivity index is 1.65. The fraction of sp³-hybridized carbons (Fsp3) is 0.348. The van der Waals surface area contributed by atoms with Gasteiger partial charge in [-0.1, -0.05) is 18.2 Å². The van der Waals surface area contributed by atoms with Gasteiger partial charge in [-0.15, -0.1) is 0 Å². The molecule has 0 aliphatic carbocycles. The van der Waals surface area contributed by atoms with Crippen molar-refractivity contribution in [3.63, 3.8) is 0 Å². The molecular weight excluding hydrogens is 430 g/mol. The molecule has 2 aromatic rings. The van der Waals surface area contributed by atoms with Crippen LogP contribution in [0.3, 0.4) is 0 Å². The minimum absolute atomic E-state index is 0.125. The number of hydrogen-bond donors (Lipinski definition) is 3. The van der Waals surface area contributed by atoms with Crippen LogP contribution < -0.4 is 20.7 Å². The molecule has 4 N–H and O–H groups in total. The molecule has 1 aliphatic rings. The fourth-order valence-electron chi connectivity index (χ4n) is 3.25. The highest BCUT2D eigenvalue weighted by atomic mass is 16.6. The van der Waals surface area contributed by atoms with Crippen LogP contribution in [0.15, 0.2) is 48.5 Å². The molecular formula is C23H27N3O7. The van der Waals surface area contributed by atoms with E-state index >= 15 is 0 Å². The summed E-state index contributed by atoms with van der Waals surface area (Å²) in [5.41, 5.74) is 7.40. The number of nitrogens with two attached hydrogens (primary N) is 1. The zero-order valence-electron chi connectivity index (χ0n) is 18.2. The number of anilines is 2. The molecule has 1 unspecified atom stereocenters. The normalized spacial score (nSPS) is 16.8. The number of rotatable bonds is 9. The number of morpholine rings is 1. The summed E-state index contributed by atoms with van der Waals surface area (Å²) in [6.07, 6.45) is -3.08. The number of benzene rings is 2. The van der Waals surface area contributed by atoms with Crippen LogP contribution in [0, 0.1) is 0 Å². The molecule has 1 heterocycles. The summed E-state index contributed by atoms with van der Waals surface area (Å²) in [7, 11) is 0. The Morgan fingerprint density at radius 1 is 1.27 bits per heavy atom. The van der Waals surface area contributed by atoms with E-state index < -0.39 is 30.0 Å². The second kappa shape index (κ2) is 11.4. The van der Waals surface area contributed by atoms with Crippen molar-refractivity contribution >= 4 is 29.2 Å². The van der Waals surface area contributed by atoms with Gasteiger partial charge in [0.25, 0.3) is 11.8 Å². The first kappa shape index (κ1) is 24.2. The molecule has 0 saturated carbocycles. The number of nitrogens with zero attached hydrogens (tertiary/aromatic N) is 1. The van der Waals surface area contributed by atoms with Crippen LogP contribution in [0.2, 0.25) is 0 Å². The van der Waals surface area contributed by atoms with Crippen molar-refractivity contribution in [1.82, 2.24) is 0 Å². The standard InChI is InChI=1S/C23H27N3O7/c1-2-31-19(27)14-33-18-5-3-4-17(12-18)26-10-11-32-21(23(26)30)20(28)22(29)25-16-8-6-15(13-24)7-9-16/h3-9,12,20-21,28H,2,10-11,13-14,24H2,1H3,(H,25,29)/t20-,21?/m1/s1. The van der Waals surface area contributed by atoms with Crippen LogP contribution in [-0.2, 0) is 30.4 Å². The summed E-state index contributed by atoms with van der Waals surface area (Å²) in [5.74, 6) is -1.46. The quantitative estimate of drug-likeness (QED) is 0.470. The van der Waals surface area contributed by atoms with Gasteiger partial charge >= 0.3 is 5.97 Å². The first-order valence-corrected chi connectivity index (χ1v) is 10.5. The maximum atomic E-state index is 13.0. The van der Waals surface area contributed by atoms with Crippen LogP contribution in [0.25, 0.3) is 0 Å². The van der Waals surface area contributed by atoms with Gasteiger partial charge in [0.1, 0.15) is 5.75 Å². The number of amides is 2. The highest BCUT2D eigenvalue weighted by molar-refractivity contribution is 6.03. The molecule has 2 atom stereocenters. The predicted octanol–water partition coefficient (Wildman–Crippen LogP) is 0.819. The van der Waals surface area contributed by atoms with Crippen molar-refractivity contribution in [1.29, 1.82) is 0 Å². The van der Waals surface area contributed by atoms with Crippen LogP contribution in [-0.4, -0.2) is 61.5 Å². The van der Waals surface area contributed by atoms with E-state index in [2.05, 4.69) is 5.32 Å². The van der Waals surface area contributed by atoms with Crippen molar-refractivity contribution in [2.45, 2.75) is 25.7 Å². The largest absolute Gasteiger partial charge is 0.482 e. The van der Waals surface area contributed by atoms with E-state index in [-0.39, 0.29) is 26.4 Å². The molecule has 0 spiro atoms. The molecule has 1 saturated heterocycles. The number of ether oxygens (including phenoxy) is 3. The second-order valence-electron chi connectivity index (χ2n) is 7.21. The summed E-state index contributed by atoms with van der Waals surface area (Å²) < 4.78 is 15.7. The smallest absolute Gasteiger partial charge is 0.344 e. The van der Waals surface area contributed by atoms with E-state index in [0.717, 1.165) is 5.56 Å². The Morgan fingerprint density at radius 2 is 2.03 bits per heavy atom. The van der Waals surface area contributed by atoms with Crippen LogP contribution in [0.1, 0.15) is 12.5 Å². The molecule has 0 aromatic heterocycles. The van der Waals surface area contributed by atoms with Crippen molar-refractivity contribution in [3.05, 3.63) is 54.1 Å². The van der Waals surface area contributed by atoms with Crippen molar-refractivity contribution in [2.75, 3.05) is 36.6 Å². The highest BCUT2D eigenvalue weighted by Crippen LogP contribution is 2.25. The zero-order valence-corrected chi connectivity index (χ0v) is 18.2. The van der Waals surface area contributed by atoms with Crippen LogP contribution >= 0.6 is 0 Å². The zero-order chi connectivity index (χ0) is 23.8. The van der Waals surface area contributed by atoms with E-state index in [0.29, 0.717) is 23.7 Å². The van der Waals surface area contributed by atoms with E-state index in [1.54, 1.807) is 55.5 Å². The summed E-state index contributed by atoms with van der Waals surface area (Å²) in [6, 6.07) is 13.4. The SMILES string of the molecule is CCOC(=O)COc1cccc(N2CCOC([C@@H](O)C(=O)Nc3ccc(CN)cc3)C2=O)c1. The molecule has 2 amide bonds. The molecule has 10 nitrogen and oxygen atoms in total. The number of esters is 1. The average Bonchev–Trinajstić information content (AvgIpc) is 2.83. The minimum Gasteiger partial charge on any atom is -0.482 e. The first-order valence-electron chi connectivity index (χ1n) is 10.5. The Kier molecular flexibility index (Phi) is 8.36. The predicted molar refractivity (Wildman–Crippen MR) is 120 cm³/mol. The molecule has 0 bridgehead atoms. The van der Waals surface area contributed by atoms with Crippen LogP contribution in [0.5, 0.6) is 5.75 Å². The third-order valence-electron chi connectivity index (χ3n) is 4.93. The molecule has 3 rings (SSSR count). The van der Waals surface area contributed by atoms with Gasteiger partial charge in [-0.2, -0.15) is 0 Å². The van der Waals surface area contributed by atoms with Gasteiger partial charge in [-0.05, 0) is 36.8 Å². The number of carbonyl (C=O) groups excluding carboxylic acids is 3. The molecule has 176 valence electrons. The van der Waals surface area contributed by atoms with Crippen molar-refractivity contribution < 1.29 is 33.7 Å². The topological polar surface area (TPSA) is 140 Å². The van der Waals surface area contributed by atoms with Gasteiger partial charge in [0.05, 0.1) is 13.2 Å². The van der Waals surface area contributed by atoms with Gasteiger partial charge in [-0.3, -0.25) is 9.59 Å². The van der Waals surface area contributed by atoms with Crippen molar-refractivity contribution in [3.8, 4) is 5.75 Å². The Bertz CT molecular complexity index is 980. The monoisotopic (exact) mass is 457 g/mol. The van der Waals surface area contributed by atoms with E-state index in [9.17, 15) is 19.5 Å². The molecule has 2 aromatic carbocycles. The number of carbonyl (C=O) groups is 3. The number of aliphatic hydroxyl groups excluding tert-OH is 1. The number of aliphatic hydroxyl groups is 1. The lowest BCUT2D eigenvalue weighted by molar-refractivity contribution is -0.150. The maximum absolute atomic E-state index is 13.0. The summed E-state index contributed by atoms with van der Waals surface area (Å²) in [6.45, 7) is 2.41. The van der Waals surface area contributed by atoms with Gasteiger partial charge in [0.15, 0.2) is 18.8 Å². The number of nitrogens with one attached hydrogen (secondary N) is 1. The molecule has 1 fully saturated rings. The fourth-order valence-corrected chi connectivity index (χ4v) is 3.25. The van der Waals surface area contributed by atoms with E-state index in [4.69, 9.17) is 19.9 Å². The highest BCUT2D eigenvalue weighted by Gasteiger charge is 2.39. The number of hydrogen-bond acceptors (Lipinski definition) is 8.